The number of carbonyl (C=O) groups is 4. The SMILES string of the molecule is Cc1c(Cl)cc(NC(=O)NCc2ccc3c(c2)C(=O)N(C2CCC(=O)NC2=O)C3)cc1C1CC12COC(C)OC2. The van der Waals surface area contributed by atoms with E-state index in [4.69, 9.17) is 21.1 Å². The van der Waals surface area contributed by atoms with Crippen LogP contribution in [0.5, 0.6) is 0 Å². The van der Waals surface area contributed by atoms with Gasteiger partial charge in [0.15, 0.2) is 6.29 Å². The normalized spacial score (nSPS) is 27.4. The molecule has 2 unspecified atom stereocenters. The molecule has 5 amide bonds. The zero-order valence-corrected chi connectivity index (χ0v) is 23.1. The molecule has 4 aliphatic rings. The number of nitrogens with zero attached hydrogens (tertiary/aromatic N) is 1. The van der Waals surface area contributed by atoms with Gasteiger partial charge in [0.05, 0.1) is 13.2 Å². The molecule has 1 aliphatic carbocycles. The zero-order valence-electron chi connectivity index (χ0n) is 22.3. The Morgan fingerprint density at radius 2 is 1.95 bits per heavy atom. The van der Waals surface area contributed by atoms with Crippen molar-refractivity contribution in [2.75, 3.05) is 18.5 Å². The molecule has 210 valence electrons. The fourth-order valence-electron chi connectivity index (χ4n) is 5.97. The number of fused-ring (bicyclic) bond motifs is 1. The van der Waals surface area contributed by atoms with Gasteiger partial charge in [-0.25, -0.2) is 4.79 Å². The highest BCUT2D eigenvalue weighted by molar-refractivity contribution is 6.31. The van der Waals surface area contributed by atoms with Crippen LogP contribution in [0, 0.1) is 12.3 Å². The molecule has 1 spiro atoms. The van der Waals surface area contributed by atoms with Crippen molar-refractivity contribution in [2.24, 2.45) is 5.41 Å². The molecule has 2 aromatic rings. The molecule has 2 atom stereocenters. The highest BCUT2D eigenvalue weighted by Gasteiger charge is 2.57. The van der Waals surface area contributed by atoms with Gasteiger partial charge < -0.3 is 25.0 Å². The van der Waals surface area contributed by atoms with Gasteiger partial charge in [-0.3, -0.25) is 19.7 Å². The van der Waals surface area contributed by atoms with E-state index in [0.29, 0.717) is 42.5 Å². The third-order valence-corrected chi connectivity index (χ3v) is 8.86. The van der Waals surface area contributed by atoms with Gasteiger partial charge >= 0.3 is 6.03 Å². The molecule has 6 rings (SSSR count). The summed E-state index contributed by atoms with van der Waals surface area (Å²) in [5, 5.41) is 8.61. The van der Waals surface area contributed by atoms with E-state index in [1.54, 1.807) is 12.1 Å². The molecule has 0 bridgehead atoms. The van der Waals surface area contributed by atoms with Crippen molar-refractivity contribution < 1.29 is 28.7 Å². The molecule has 1 saturated carbocycles. The van der Waals surface area contributed by atoms with Gasteiger partial charge in [-0.05, 0) is 73.1 Å². The van der Waals surface area contributed by atoms with E-state index < -0.39 is 18.0 Å². The first kappa shape index (κ1) is 26.7. The van der Waals surface area contributed by atoms with Gasteiger partial charge in [0, 0.05) is 41.2 Å². The number of ether oxygens (including phenoxy) is 2. The van der Waals surface area contributed by atoms with Crippen molar-refractivity contribution in [3.05, 3.63) is 63.2 Å². The summed E-state index contributed by atoms with van der Waals surface area (Å²) >= 11 is 6.54. The molecule has 2 aromatic carbocycles. The highest BCUT2D eigenvalue weighted by Crippen LogP contribution is 2.62. The molecule has 3 N–H and O–H groups in total. The number of carbonyl (C=O) groups excluding carboxylic acids is 4. The van der Waals surface area contributed by atoms with Crippen LogP contribution in [0.3, 0.4) is 0 Å². The Balaban J connectivity index is 1.08. The van der Waals surface area contributed by atoms with Crippen molar-refractivity contribution in [1.29, 1.82) is 0 Å². The number of piperidine rings is 1. The molecule has 2 saturated heterocycles. The largest absolute Gasteiger partial charge is 0.352 e. The molecule has 40 heavy (non-hydrogen) atoms. The van der Waals surface area contributed by atoms with Crippen LogP contribution >= 0.6 is 11.6 Å². The van der Waals surface area contributed by atoms with Gasteiger partial charge in [-0.2, -0.15) is 0 Å². The second-order valence-corrected chi connectivity index (χ2v) is 11.6. The monoisotopic (exact) mass is 566 g/mol. The highest BCUT2D eigenvalue weighted by atomic mass is 35.5. The van der Waals surface area contributed by atoms with Crippen molar-refractivity contribution in [2.45, 2.75) is 64.4 Å². The Morgan fingerprint density at radius 3 is 2.70 bits per heavy atom. The molecule has 3 heterocycles. The third kappa shape index (κ3) is 4.95. The number of hydrogen-bond acceptors (Lipinski definition) is 6. The number of benzene rings is 2. The Kier molecular flexibility index (Phi) is 6.80. The first-order chi connectivity index (χ1) is 19.1. The maximum atomic E-state index is 13.1. The third-order valence-electron chi connectivity index (χ3n) is 8.46. The number of nitrogens with one attached hydrogen (secondary N) is 3. The minimum Gasteiger partial charge on any atom is -0.352 e. The van der Waals surface area contributed by atoms with Gasteiger partial charge in [0.25, 0.3) is 5.91 Å². The van der Waals surface area contributed by atoms with E-state index in [2.05, 4.69) is 16.0 Å². The van der Waals surface area contributed by atoms with Crippen molar-refractivity contribution in [3.8, 4) is 0 Å². The summed E-state index contributed by atoms with van der Waals surface area (Å²) in [7, 11) is 0. The Bertz CT molecular complexity index is 1420. The summed E-state index contributed by atoms with van der Waals surface area (Å²) in [6.45, 7) is 5.68. The second kappa shape index (κ2) is 10.2. The second-order valence-electron chi connectivity index (χ2n) is 11.2. The first-order valence-electron chi connectivity index (χ1n) is 13.5. The van der Waals surface area contributed by atoms with Crippen LogP contribution in [0.25, 0.3) is 0 Å². The summed E-state index contributed by atoms with van der Waals surface area (Å²) in [5.41, 5.74) is 4.69. The molecule has 3 aliphatic heterocycles. The quantitative estimate of drug-likeness (QED) is 0.475. The van der Waals surface area contributed by atoms with Crippen LogP contribution in [0.4, 0.5) is 10.5 Å². The van der Waals surface area contributed by atoms with Crippen LogP contribution in [-0.2, 0) is 32.2 Å². The number of urea groups is 1. The number of imide groups is 1. The van der Waals surface area contributed by atoms with E-state index in [1.165, 1.54) is 4.90 Å². The van der Waals surface area contributed by atoms with E-state index in [-0.39, 0.29) is 42.4 Å². The minimum atomic E-state index is -0.663. The van der Waals surface area contributed by atoms with Crippen LogP contribution in [0.1, 0.15) is 64.7 Å². The number of hydrogen-bond donors (Lipinski definition) is 3. The van der Waals surface area contributed by atoms with E-state index >= 15 is 0 Å². The van der Waals surface area contributed by atoms with Crippen molar-refractivity contribution >= 4 is 41.0 Å². The maximum Gasteiger partial charge on any atom is 0.319 e. The Morgan fingerprint density at radius 1 is 1.18 bits per heavy atom. The zero-order chi connectivity index (χ0) is 28.2. The average molecular weight is 567 g/mol. The van der Waals surface area contributed by atoms with Crippen molar-refractivity contribution in [3.63, 3.8) is 0 Å². The summed E-state index contributed by atoms with van der Waals surface area (Å²) < 4.78 is 11.5. The van der Waals surface area contributed by atoms with Gasteiger partial charge in [-0.15, -0.1) is 0 Å². The summed E-state index contributed by atoms with van der Waals surface area (Å²) in [5.74, 6) is -0.757. The van der Waals surface area contributed by atoms with Gasteiger partial charge in [-0.1, -0.05) is 23.7 Å². The number of rotatable bonds is 5. The fourth-order valence-corrected chi connectivity index (χ4v) is 6.19. The Hall–Kier alpha value is -3.47. The maximum absolute atomic E-state index is 13.1. The number of halogens is 1. The van der Waals surface area contributed by atoms with E-state index in [0.717, 1.165) is 28.7 Å². The topological polar surface area (TPSA) is 126 Å². The van der Waals surface area contributed by atoms with Crippen LogP contribution in [0.15, 0.2) is 30.3 Å². The fraction of sp³-hybridized carbons (Fsp3) is 0.448. The molecule has 10 nitrogen and oxygen atoms in total. The molecular formula is C29H31ClN4O6. The minimum absolute atomic E-state index is 0.0414. The lowest BCUT2D eigenvalue weighted by molar-refractivity contribution is -0.198. The first-order valence-corrected chi connectivity index (χ1v) is 13.9. The van der Waals surface area contributed by atoms with Crippen LogP contribution in [-0.4, -0.2) is 54.2 Å². The molecule has 11 heteroatoms. The molecule has 3 fully saturated rings. The molecular weight excluding hydrogens is 536 g/mol. The summed E-state index contributed by atoms with van der Waals surface area (Å²) in [6.07, 6.45) is 1.27. The lowest BCUT2D eigenvalue weighted by atomic mass is 9.96. The van der Waals surface area contributed by atoms with Gasteiger partial charge in [0.2, 0.25) is 11.8 Å². The van der Waals surface area contributed by atoms with Crippen LogP contribution in [0.2, 0.25) is 5.02 Å². The molecule has 0 aromatic heterocycles. The lowest BCUT2D eigenvalue weighted by Gasteiger charge is -2.29. The summed E-state index contributed by atoms with van der Waals surface area (Å²) in [4.78, 5) is 51.1. The van der Waals surface area contributed by atoms with Gasteiger partial charge in [0.1, 0.15) is 6.04 Å². The summed E-state index contributed by atoms with van der Waals surface area (Å²) in [6, 6.07) is 8.08. The van der Waals surface area contributed by atoms with Crippen molar-refractivity contribution in [1.82, 2.24) is 15.5 Å². The van der Waals surface area contributed by atoms with E-state index in [9.17, 15) is 19.2 Å². The Labute approximate surface area is 236 Å². The number of amides is 5. The standard InChI is InChI=1S/C29H31ClN4O6/c1-15-20(22-10-29(22)13-39-16(2)40-14-29)8-19(9-23(15)30)32-28(38)31-11-17-3-4-18-12-34(27(37)21(18)7-17)24-5-6-25(35)33-26(24)36/h3-4,7-9,16,22,24H,5-6,10-14H2,1-2H3,(H2,31,32,38)(H,33,35,36). The molecule has 0 radical (unpaired) electrons. The van der Waals surface area contributed by atoms with Crippen LogP contribution < -0.4 is 16.0 Å². The lowest BCUT2D eigenvalue weighted by Crippen LogP contribution is -2.52. The van der Waals surface area contributed by atoms with E-state index in [1.807, 2.05) is 32.0 Å². The predicted molar refractivity (Wildman–Crippen MR) is 146 cm³/mol. The smallest absolute Gasteiger partial charge is 0.319 e. The average Bonchev–Trinajstić information content (AvgIpc) is 3.53. The predicted octanol–water partition coefficient (Wildman–Crippen LogP) is 3.60. The number of anilines is 1.